The fourth-order valence-electron chi connectivity index (χ4n) is 8.76. The predicted molar refractivity (Wildman–Crippen MR) is 212 cm³/mol. The third kappa shape index (κ3) is 11.3. The van der Waals surface area contributed by atoms with Crippen LogP contribution >= 0.6 is 0 Å². The lowest BCUT2D eigenvalue weighted by Crippen LogP contribution is -2.51. The van der Waals surface area contributed by atoms with E-state index >= 15 is 0 Å². The minimum absolute atomic E-state index is 0. The second kappa shape index (κ2) is 21.1. The van der Waals surface area contributed by atoms with Crippen molar-refractivity contribution in [3.05, 3.63) is 11.3 Å². The van der Waals surface area contributed by atoms with E-state index < -0.39 is 40.2 Å². The number of aliphatic hydroxyl groups is 2. The minimum Gasteiger partial charge on any atom is -0.508 e. The van der Waals surface area contributed by atoms with Crippen molar-refractivity contribution in [1.29, 1.82) is 0 Å². The van der Waals surface area contributed by atoms with Crippen LogP contribution in [0.25, 0.3) is 0 Å². The van der Waals surface area contributed by atoms with Gasteiger partial charge in [-0.15, -0.1) is 0 Å². The SMILES string of the molecule is CC(C)CCC(=O)[C@@]1(O)C(O)=C(C(=O)CC(C)C)C(=O)[C@@H]1CCC(C)C.CC(C)CCC(=O)[C@@]12OCOC1[C@H]1C(CC(C)C)OCOC1[C@@H]2CCC(C)C.O. The van der Waals surface area contributed by atoms with Crippen molar-refractivity contribution in [1.82, 2.24) is 0 Å². The third-order valence-corrected chi connectivity index (χ3v) is 11.7. The molecule has 2 aliphatic heterocycles. The average molecular weight is 781 g/mol. The molecule has 4 N–H and O–H groups in total. The van der Waals surface area contributed by atoms with Gasteiger partial charge in [0.15, 0.2) is 34.3 Å². The van der Waals surface area contributed by atoms with Crippen LogP contribution in [0, 0.1) is 53.3 Å². The van der Waals surface area contributed by atoms with Crippen molar-refractivity contribution in [3.8, 4) is 0 Å². The molecule has 4 rings (SSSR count). The summed E-state index contributed by atoms with van der Waals surface area (Å²) in [6.45, 7) is 25.3. The first kappa shape index (κ1) is 49.1. The smallest absolute Gasteiger partial charge is 0.190 e. The van der Waals surface area contributed by atoms with Gasteiger partial charge in [0.25, 0.3) is 0 Å². The van der Waals surface area contributed by atoms with Gasteiger partial charge in [-0.25, -0.2) is 0 Å². The number of ketones is 4. The number of Topliss-reactive ketones (excluding diaryl/α,β-unsaturated/α-hetero) is 4. The highest BCUT2D eigenvalue weighted by Crippen LogP contribution is 2.55. The average Bonchev–Trinajstić information content (AvgIpc) is 3.67. The number of aliphatic hydroxyl groups excluding tert-OH is 1. The molecule has 2 aliphatic carbocycles. The zero-order chi connectivity index (χ0) is 40.7. The molecule has 3 fully saturated rings. The Morgan fingerprint density at radius 2 is 1.25 bits per heavy atom. The van der Waals surface area contributed by atoms with Crippen LogP contribution in [-0.2, 0) is 38.1 Å². The Hall–Kier alpha value is -2.02. The maximum Gasteiger partial charge on any atom is 0.190 e. The van der Waals surface area contributed by atoms with Crippen molar-refractivity contribution in [3.63, 3.8) is 0 Å². The van der Waals surface area contributed by atoms with Crippen LogP contribution < -0.4 is 0 Å². The number of hydrogen-bond acceptors (Lipinski definition) is 10. The van der Waals surface area contributed by atoms with Crippen molar-refractivity contribution in [2.24, 2.45) is 53.3 Å². The molecule has 318 valence electrons. The molecule has 0 spiro atoms. The van der Waals surface area contributed by atoms with E-state index in [0.29, 0.717) is 43.8 Å². The highest BCUT2D eigenvalue weighted by Gasteiger charge is 2.70. The molecule has 8 atom stereocenters. The molecule has 0 aromatic carbocycles. The molecule has 0 amide bonds. The van der Waals surface area contributed by atoms with Crippen LogP contribution in [0.1, 0.15) is 147 Å². The Balaban J connectivity index is 0.000000375. The zero-order valence-corrected chi connectivity index (χ0v) is 36.1. The van der Waals surface area contributed by atoms with Gasteiger partial charge in [0.2, 0.25) is 0 Å². The van der Waals surface area contributed by atoms with E-state index in [2.05, 4.69) is 41.5 Å². The molecular formula is C44H76O11. The van der Waals surface area contributed by atoms with Crippen molar-refractivity contribution in [2.75, 3.05) is 13.6 Å². The monoisotopic (exact) mass is 781 g/mol. The highest BCUT2D eigenvalue weighted by molar-refractivity contribution is 6.25. The first-order valence-corrected chi connectivity index (χ1v) is 21.0. The summed E-state index contributed by atoms with van der Waals surface area (Å²) in [6, 6.07) is 0. The van der Waals surface area contributed by atoms with E-state index in [1.54, 1.807) is 0 Å². The lowest BCUT2D eigenvalue weighted by Gasteiger charge is -2.38. The highest BCUT2D eigenvalue weighted by atomic mass is 16.7. The number of ether oxygens (including phenoxy) is 4. The largest absolute Gasteiger partial charge is 0.508 e. The summed E-state index contributed by atoms with van der Waals surface area (Å²) in [6.07, 6.45) is 5.76. The Bertz CT molecular complexity index is 1320. The molecule has 11 nitrogen and oxygen atoms in total. The molecule has 55 heavy (non-hydrogen) atoms. The number of fused-ring (bicyclic) bond motifs is 3. The quantitative estimate of drug-likeness (QED) is 0.125. The van der Waals surface area contributed by atoms with Crippen LogP contribution in [0.4, 0.5) is 0 Å². The Kier molecular flexibility index (Phi) is 18.9. The van der Waals surface area contributed by atoms with Crippen LogP contribution in [0.5, 0.6) is 0 Å². The van der Waals surface area contributed by atoms with Gasteiger partial charge in [0, 0.05) is 31.1 Å². The fourth-order valence-corrected chi connectivity index (χ4v) is 8.76. The lowest BCUT2D eigenvalue weighted by atomic mass is 9.78. The van der Waals surface area contributed by atoms with Crippen molar-refractivity contribution < 1.29 is 53.8 Å². The second-order valence-electron chi connectivity index (χ2n) is 19.0. The minimum atomic E-state index is -2.26. The second-order valence-corrected chi connectivity index (χ2v) is 19.0. The third-order valence-electron chi connectivity index (χ3n) is 11.7. The standard InChI is InChI=1S/C23H40O5.C21H34O5.H2O/c1-14(2)7-9-17-21-20(18(11-16(5)6)25-12-26-21)22-23(17,28-13-27-22)19(24)10-8-15(3)4;1-12(2)7-9-15-19(24)18(16(22)11-14(5)6)20(25)21(15,26)17(23)10-8-13(3)4;/h14-18,20-22H,7-13H2,1-6H3;12-15,25-26H,7-11H2,1-6H3;1H2/t17-,18?,20-,21?,22?,23+;15-,21+;/m00./s1. The fraction of sp³-hybridized carbons (Fsp3) is 0.864. The number of carbonyl (C=O) groups is 4. The maximum absolute atomic E-state index is 13.6. The first-order valence-electron chi connectivity index (χ1n) is 21.0. The summed E-state index contributed by atoms with van der Waals surface area (Å²) in [4.78, 5) is 51.7. The van der Waals surface area contributed by atoms with Gasteiger partial charge in [-0.05, 0) is 67.6 Å². The summed E-state index contributed by atoms with van der Waals surface area (Å²) in [5.74, 6) is -1.01. The molecule has 0 aromatic rings. The van der Waals surface area contributed by atoms with Gasteiger partial charge >= 0.3 is 0 Å². The Morgan fingerprint density at radius 3 is 1.78 bits per heavy atom. The molecule has 2 saturated heterocycles. The van der Waals surface area contributed by atoms with Crippen molar-refractivity contribution in [2.45, 2.75) is 177 Å². The molecule has 0 bridgehead atoms. The molecule has 1 saturated carbocycles. The van der Waals surface area contributed by atoms with Gasteiger partial charge in [-0.1, -0.05) is 95.9 Å². The number of rotatable bonds is 19. The van der Waals surface area contributed by atoms with E-state index in [4.69, 9.17) is 18.9 Å². The van der Waals surface area contributed by atoms with E-state index in [1.807, 2.05) is 41.5 Å². The summed E-state index contributed by atoms with van der Waals surface area (Å²) >= 11 is 0. The van der Waals surface area contributed by atoms with Crippen LogP contribution in [-0.4, -0.2) is 81.9 Å². The Labute approximate surface area is 331 Å². The normalized spacial score (nSPS) is 30.3. The lowest BCUT2D eigenvalue weighted by molar-refractivity contribution is -0.229. The Morgan fingerprint density at radius 1 is 0.709 bits per heavy atom. The van der Waals surface area contributed by atoms with E-state index in [9.17, 15) is 29.4 Å². The van der Waals surface area contributed by atoms with Crippen LogP contribution in [0.2, 0.25) is 0 Å². The maximum atomic E-state index is 13.6. The van der Waals surface area contributed by atoms with E-state index in [1.165, 1.54) is 0 Å². The summed E-state index contributed by atoms with van der Waals surface area (Å²) < 4.78 is 24.6. The molecule has 0 aromatic heterocycles. The first-order chi connectivity index (χ1) is 25.2. The van der Waals surface area contributed by atoms with Gasteiger partial charge in [-0.3, -0.25) is 19.2 Å². The van der Waals surface area contributed by atoms with Crippen LogP contribution in [0.15, 0.2) is 11.3 Å². The van der Waals surface area contributed by atoms with Gasteiger partial charge in [0.05, 0.1) is 18.1 Å². The number of hydrogen-bond donors (Lipinski definition) is 2. The van der Waals surface area contributed by atoms with Gasteiger partial charge in [-0.2, -0.15) is 0 Å². The summed E-state index contributed by atoms with van der Waals surface area (Å²) in [7, 11) is 0. The van der Waals surface area contributed by atoms with Crippen LogP contribution in [0.3, 0.4) is 0 Å². The molecule has 0 radical (unpaired) electrons. The summed E-state index contributed by atoms with van der Waals surface area (Å²) in [5.41, 5.74) is -3.49. The van der Waals surface area contributed by atoms with Gasteiger partial charge in [0.1, 0.15) is 31.0 Å². The predicted octanol–water partition coefficient (Wildman–Crippen LogP) is 7.53. The summed E-state index contributed by atoms with van der Waals surface area (Å²) in [5, 5.41) is 21.7. The van der Waals surface area contributed by atoms with E-state index in [-0.39, 0.29) is 90.8 Å². The van der Waals surface area contributed by atoms with E-state index in [0.717, 1.165) is 25.7 Å². The number of allylic oxidation sites excluding steroid dienone is 1. The molecular weight excluding hydrogens is 704 g/mol. The zero-order valence-electron chi connectivity index (χ0n) is 36.1. The topological polar surface area (TPSA) is 177 Å². The van der Waals surface area contributed by atoms with Gasteiger partial charge < -0.3 is 34.6 Å². The number of carbonyl (C=O) groups excluding carboxylic acids is 4. The molecule has 4 aliphatic rings. The molecule has 2 heterocycles. The molecule has 11 heteroatoms. The van der Waals surface area contributed by atoms with Crippen molar-refractivity contribution >= 4 is 23.1 Å². The molecule has 3 unspecified atom stereocenters.